The minimum Gasteiger partial charge on any atom is -0.481 e. The number of anilines is 1. The Hall–Kier alpha value is -5.21. The van der Waals surface area contributed by atoms with E-state index < -0.39 is 48.2 Å². The highest BCUT2D eigenvalue weighted by Crippen LogP contribution is 2.32. The van der Waals surface area contributed by atoms with Gasteiger partial charge in [0.25, 0.3) is 5.91 Å². The molecule has 45 heavy (non-hydrogen) atoms. The summed E-state index contributed by atoms with van der Waals surface area (Å²) in [5.41, 5.74) is 1.44. The van der Waals surface area contributed by atoms with Crippen LogP contribution in [0.4, 0.5) is 5.82 Å². The van der Waals surface area contributed by atoms with Crippen molar-refractivity contribution in [1.82, 2.24) is 41.6 Å². The number of aromatic nitrogens is 5. The zero-order valence-corrected chi connectivity index (χ0v) is 24.5. The van der Waals surface area contributed by atoms with Gasteiger partial charge in [-0.3, -0.25) is 28.9 Å². The molecule has 3 aromatic rings. The second-order valence-corrected chi connectivity index (χ2v) is 11.2. The van der Waals surface area contributed by atoms with Crippen molar-refractivity contribution >= 4 is 35.4 Å². The molecule has 5 N–H and O–H groups in total. The SMILES string of the molecule is O=C(O)CCC(NC(=O)[C@@H](NC(=O)Cc1ccccc1)C1CCCC1)C(=O)N1c2ncccc2C[C@H]1C(=O)NCc1nn[nH]n1. The first-order valence-corrected chi connectivity index (χ1v) is 14.9. The Labute approximate surface area is 258 Å². The van der Waals surface area contributed by atoms with Crippen LogP contribution in [0.1, 0.15) is 55.5 Å². The number of H-pyrrole nitrogens is 1. The molecule has 0 bridgehead atoms. The number of nitrogens with one attached hydrogen (secondary N) is 4. The normalized spacial score (nSPS) is 17.2. The molecule has 5 rings (SSSR count). The van der Waals surface area contributed by atoms with Crippen molar-refractivity contribution in [3.05, 3.63) is 65.6 Å². The maximum Gasteiger partial charge on any atom is 0.303 e. The number of aromatic amines is 1. The highest BCUT2D eigenvalue weighted by molar-refractivity contribution is 6.06. The number of rotatable bonds is 13. The van der Waals surface area contributed by atoms with Crippen LogP contribution in [-0.4, -0.2) is 78.4 Å². The number of aliphatic carboxylic acids is 1. The number of carbonyl (C=O) groups is 5. The van der Waals surface area contributed by atoms with Gasteiger partial charge in [-0.15, -0.1) is 10.2 Å². The maximum atomic E-state index is 14.2. The van der Waals surface area contributed by atoms with E-state index in [0.717, 1.165) is 31.2 Å². The van der Waals surface area contributed by atoms with Crippen LogP contribution in [0.2, 0.25) is 0 Å². The molecule has 15 heteroatoms. The van der Waals surface area contributed by atoms with E-state index in [1.165, 1.54) is 11.1 Å². The lowest BCUT2D eigenvalue weighted by Crippen LogP contribution is -2.58. The van der Waals surface area contributed by atoms with E-state index >= 15 is 0 Å². The van der Waals surface area contributed by atoms with E-state index in [2.05, 4.69) is 41.6 Å². The van der Waals surface area contributed by atoms with E-state index in [0.29, 0.717) is 5.56 Å². The molecule has 15 nitrogen and oxygen atoms in total. The maximum absolute atomic E-state index is 14.2. The molecule has 236 valence electrons. The van der Waals surface area contributed by atoms with Gasteiger partial charge in [0.15, 0.2) is 5.82 Å². The van der Waals surface area contributed by atoms with Crippen LogP contribution < -0.4 is 20.9 Å². The van der Waals surface area contributed by atoms with Crippen molar-refractivity contribution in [3.63, 3.8) is 0 Å². The van der Waals surface area contributed by atoms with Crippen molar-refractivity contribution in [1.29, 1.82) is 0 Å². The quantitative estimate of drug-likeness (QED) is 0.178. The molecule has 1 aliphatic heterocycles. The van der Waals surface area contributed by atoms with Gasteiger partial charge in [-0.2, -0.15) is 5.21 Å². The monoisotopic (exact) mass is 617 g/mol. The molecule has 2 aromatic heterocycles. The number of benzene rings is 1. The summed E-state index contributed by atoms with van der Waals surface area (Å²) in [7, 11) is 0. The molecule has 1 aromatic carbocycles. The summed E-state index contributed by atoms with van der Waals surface area (Å²) in [5.74, 6) is -2.90. The van der Waals surface area contributed by atoms with E-state index in [1.54, 1.807) is 12.1 Å². The fourth-order valence-corrected chi connectivity index (χ4v) is 5.91. The average Bonchev–Trinajstić information content (AvgIpc) is 3.82. The summed E-state index contributed by atoms with van der Waals surface area (Å²) in [5, 5.41) is 31.2. The molecule has 3 heterocycles. The second-order valence-electron chi connectivity index (χ2n) is 11.2. The largest absolute Gasteiger partial charge is 0.481 e. The average molecular weight is 618 g/mol. The van der Waals surface area contributed by atoms with Crippen LogP contribution in [0.5, 0.6) is 0 Å². The highest BCUT2D eigenvalue weighted by atomic mass is 16.4. The van der Waals surface area contributed by atoms with Gasteiger partial charge >= 0.3 is 5.97 Å². The van der Waals surface area contributed by atoms with Crippen LogP contribution in [0, 0.1) is 5.92 Å². The minimum atomic E-state index is -1.30. The number of pyridine rings is 1. The van der Waals surface area contributed by atoms with Gasteiger partial charge in [0.2, 0.25) is 17.7 Å². The van der Waals surface area contributed by atoms with Gasteiger partial charge in [0, 0.05) is 19.0 Å². The van der Waals surface area contributed by atoms with Gasteiger partial charge in [-0.25, -0.2) is 4.98 Å². The first-order valence-electron chi connectivity index (χ1n) is 14.9. The number of carbonyl (C=O) groups excluding carboxylic acids is 4. The third kappa shape index (κ3) is 7.85. The first kappa shape index (κ1) is 31.2. The molecule has 2 aliphatic rings. The molecular formula is C30H35N9O6. The van der Waals surface area contributed by atoms with Crippen LogP contribution >= 0.6 is 0 Å². The predicted octanol–water partition coefficient (Wildman–Crippen LogP) is 0.436. The van der Waals surface area contributed by atoms with Crippen molar-refractivity contribution in [2.45, 2.75) is 76.0 Å². The number of carboxylic acid groups (broad SMARTS) is 1. The fraction of sp³-hybridized carbons (Fsp3) is 0.433. The van der Waals surface area contributed by atoms with E-state index in [9.17, 15) is 29.1 Å². The standard InChI is InChI=1S/C30H35N9O6/c40-24(15-18-7-2-1-3-8-18)34-26(19-9-4-5-10-19)29(44)33-21(12-13-25(41)42)30(45)39-22(16-20-11-6-14-31-27(20)39)28(43)32-17-23-35-37-38-36-23/h1-3,6-8,11,14,19,21-22,26H,4-5,9-10,12-13,15-17H2,(H,32,43)(H,33,44)(H,34,40)(H,41,42)(H,35,36,37,38)/t21?,22-,26-/m0/s1. The van der Waals surface area contributed by atoms with Crippen LogP contribution in [0.25, 0.3) is 0 Å². The van der Waals surface area contributed by atoms with Gasteiger partial charge < -0.3 is 21.1 Å². The Morgan fingerprint density at radius 2 is 1.80 bits per heavy atom. The van der Waals surface area contributed by atoms with E-state index in [1.807, 2.05) is 30.3 Å². The lowest BCUT2D eigenvalue weighted by atomic mass is 9.96. The number of amides is 4. The second kappa shape index (κ2) is 14.5. The molecule has 0 spiro atoms. The van der Waals surface area contributed by atoms with Crippen molar-refractivity contribution < 1.29 is 29.1 Å². The Morgan fingerprint density at radius 1 is 1.02 bits per heavy atom. The van der Waals surface area contributed by atoms with Crippen LogP contribution in [-0.2, 0) is 43.4 Å². The summed E-state index contributed by atoms with van der Waals surface area (Å²) < 4.78 is 0. The number of hydrogen-bond acceptors (Lipinski definition) is 9. The summed E-state index contributed by atoms with van der Waals surface area (Å²) in [6.45, 7) is -0.0391. The van der Waals surface area contributed by atoms with Gasteiger partial charge in [0.05, 0.1) is 13.0 Å². The molecular weight excluding hydrogens is 582 g/mol. The smallest absolute Gasteiger partial charge is 0.303 e. The number of hydrogen-bond donors (Lipinski definition) is 5. The zero-order chi connectivity index (χ0) is 31.8. The summed E-state index contributed by atoms with van der Waals surface area (Å²) in [6, 6.07) is 9.34. The molecule has 1 fully saturated rings. The Kier molecular flexibility index (Phi) is 10.1. The van der Waals surface area contributed by atoms with Gasteiger partial charge in [-0.1, -0.05) is 54.5 Å². The molecule has 1 saturated carbocycles. The van der Waals surface area contributed by atoms with Crippen LogP contribution in [0.3, 0.4) is 0 Å². The first-order chi connectivity index (χ1) is 21.8. The molecule has 0 saturated heterocycles. The predicted molar refractivity (Wildman–Crippen MR) is 158 cm³/mol. The van der Waals surface area contributed by atoms with Gasteiger partial charge in [0.1, 0.15) is 23.9 Å². The lowest BCUT2D eigenvalue weighted by molar-refractivity contribution is -0.138. The number of nitrogens with zero attached hydrogens (tertiary/aromatic N) is 5. The zero-order valence-electron chi connectivity index (χ0n) is 24.5. The molecule has 4 amide bonds. The van der Waals surface area contributed by atoms with Gasteiger partial charge in [-0.05, 0) is 42.4 Å². The summed E-state index contributed by atoms with van der Waals surface area (Å²) in [6.07, 6.45) is 4.34. The molecule has 1 aliphatic carbocycles. The Bertz CT molecular complexity index is 1510. The molecule has 1 unspecified atom stereocenters. The summed E-state index contributed by atoms with van der Waals surface area (Å²) in [4.78, 5) is 71.5. The van der Waals surface area contributed by atoms with E-state index in [-0.39, 0.29) is 49.3 Å². The third-order valence-electron chi connectivity index (χ3n) is 8.11. The third-order valence-corrected chi connectivity index (χ3v) is 8.11. The molecule has 3 atom stereocenters. The van der Waals surface area contributed by atoms with E-state index in [4.69, 9.17) is 0 Å². The number of fused-ring (bicyclic) bond motifs is 1. The molecule has 0 radical (unpaired) electrons. The summed E-state index contributed by atoms with van der Waals surface area (Å²) >= 11 is 0. The number of tetrazole rings is 1. The van der Waals surface area contributed by atoms with Crippen molar-refractivity contribution in [2.24, 2.45) is 5.92 Å². The highest BCUT2D eigenvalue weighted by Gasteiger charge is 2.43. The Balaban J connectivity index is 1.36. The lowest BCUT2D eigenvalue weighted by Gasteiger charge is -2.30. The topological polar surface area (TPSA) is 212 Å². The van der Waals surface area contributed by atoms with Crippen molar-refractivity contribution in [3.8, 4) is 0 Å². The van der Waals surface area contributed by atoms with Crippen molar-refractivity contribution in [2.75, 3.05) is 4.90 Å². The Morgan fingerprint density at radius 3 is 2.51 bits per heavy atom. The number of carboxylic acids is 1. The fourth-order valence-electron chi connectivity index (χ4n) is 5.91. The minimum absolute atomic E-state index is 0.0391. The van der Waals surface area contributed by atoms with Crippen LogP contribution in [0.15, 0.2) is 48.7 Å².